The Morgan fingerprint density at radius 1 is 0.846 bits per heavy atom. The van der Waals surface area contributed by atoms with Crippen LogP contribution in [0.4, 0.5) is 0 Å². The molecule has 1 heterocycles. The Morgan fingerprint density at radius 3 is 2.27 bits per heavy atom. The lowest BCUT2D eigenvalue weighted by Gasteiger charge is -2.06. The van der Waals surface area contributed by atoms with Crippen LogP contribution in [0.25, 0.3) is 22.7 Å². The number of hydrogen-bond donors (Lipinski definition) is 0. The van der Waals surface area contributed by atoms with E-state index in [0.717, 1.165) is 35.6 Å². The zero-order valence-electron chi connectivity index (χ0n) is 15.7. The second kappa shape index (κ2) is 9.23. The van der Waals surface area contributed by atoms with Crippen LogP contribution in [0.1, 0.15) is 44.6 Å². The van der Waals surface area contributed by atoms with E-state index in [1.54, 1.807) is 6.26 Å². The van der Waals surface area contributed by atoms with E-state index in [4.69, 9.17) is 9.15 Å². The van der Waals surface area contributed by atoms with Crippen LogP contribution in [-0.2, 0) is 0 Å². The van der Waals surface area contributed by atoms with Gasteiger partial charge in [-0.1, -0.05) is 62.4 Å². The summed E-state index contributed by atoms with van der Waals surface area (Å²) in [5.74, 6) is 1.53. The molecule has 3 aromatic rings. The first-order valence-corrected chi connectivity index (χ1v) is 9.52. The summed E-state index contributed by atoms with van der Waals surface area (Å²) in [5.41, 5.74) is 4.11. The largest absolute Gasteiger partial charge is 0.494 e. The van der Waals surface area contributed by atoms with Gasteiger partial charge >= 0.3 is 0 Å². The third-order valence-corrected chi connectivity index (χ3v) is 4.47. The standard InChI is InChI=1S/C23H27NO2/c1-3-4-5-6-7-16-25-21-14-12-20(13-15-21)23-24-22(17-26-23)19-10-8-18(2)9-11-19/h8-15,17H,3-7,16H2,1-2H3. The number of nitrogens with zero attached hydrogens (tertiary/aromatic N) is 1. The minimum atomic E-state index is 0.631. The highest BCUT2D eigenvalue weighted by Gasteiger charge is 2.08. The molecule has 3 rings (SSSR count). The summed E-state index contributed by atoms with van der Waals surface area (Å²) in [6.07, 6.45) is 7.95. The van der Waals surface area contributed by atoms with Crippen molar-refractivity contribution in [2.24, 2.45) is 0 Å². The Morgan fingerprint density at radius 2 is 1.54 bits per heavy atom. The normalized spacial score (nSPS) is 10.8. The Hall–Kier alpha value is -2.55. The second-order valence-electron chi connectivity index (χ2n) is 6.69. The molecule has 0 aliphatic rings. The third-order valence-electron chi connectivity index (χ3n) is 4.47. The van der Waals surface area contributed by atoms with Crippen molar-refractivity contribution in [3.63, 3.8) is 0 Å². The predicted molar refractivity (Wildman–Crippen MR) is 106 cm³/mol. The molecule has 3 nitrogen and oxygen atoms in total. The molecule has 0 aliphatic carbocycles. The van der Waals surface area contributed by atoms with Crippen molar-refractivity contribution in [2.45, 2.75) is 46.0 Å². The Bertz CT molecular complexity index is 788. The maximum Gasteiger partial charge on any atom is 0.226 e. The minimum absolute atomic E-state index is 0.631. The van der Waals surface area contributed by atoms with Gasteiger partial charge in [0.05, 0.1) is 6.61 Å². The molecular weight excluding hydrogens is 322 g/mol. The van der Waals surface area contributed by atoms with Crippen molar-refractivity contribution >= 4 is 0 Å². The van der Waals surface area contributed by atoms with Crippen LogP contribution in [0.5, 0.6) is 5.75 Å². The maximum atomic E-state index is 5.81. The van der Waals surface area contributed by atoms with Crippen LogP contribution in [0, 0.1) is 6.92 Å². The van der Waals surface area contributed by atoms with Gasteiger partial charge in [0.1, 0.15) is 17.7 Å². The lowest BCUT2D eigenvalue weighted by Crippen LogP contribution is -1.97. The lowest BCUT2D eigenvalue weighted by molar-refractivity contribution is 0.304. The molecule has 0 amide bonds. The van der Waals surface area contributed by atoms with Crippen molar-refractivity contribution < 1.29 is 9.15 Å². The molecule has 0 saturated carbocycles. The van der Waals surface area contributed by atoms with E-state index in [-0.39, 0.29) is 0 Å². The van der Waals surface area contributed by atoms with E-state index in [1.807, 2.05) is 24.3 Å². The number of unbranched alkanes of at least 4 members (excludes halogenated alkanes) is 4. The molecule has 0 fully saturated rings. The summed E-state index contributed by atoms with van der Waals surface area (Å²) in [4.78, 5) is 4.61. The fraction of sp³-hybridized carbons (Fsp3) is 0.348. The molecule has 2 aromatic carbocycles. The van der Waals surface area contributed by atoms with Gasteiger partial charge in [-0.05, 0) is 37.6 Å². The minimum Gasteiger partial charge on any atom is -0.494 e. The van der Waals surface area contributed by atoms with Gasteiger partial charge in [0.2, 0.25) is 5.89 Å². The Kier molecular flexibility index (Phi) is 6.48. The highest BCUT2D eigenvalue weighted by atomic mass is 16.5. The van der Waals surface area contributed by atoms with Crippen molar-refractivity contribution in [3.8, 4) is 28.5 Å². The van der Waals surface area contributed by atoms with Gasteiger partial charge in [0.15, 0.2) is 0 Å². The van der Waals surface area contributed by atoms with E-state index in [2.05, 4.69) is 43.1 Å². The molecule has 0 bridgehead atoms. The van der Waals surface area contributed by atoms with E-state index in [9.17, 15) is 0 Å². The zero-order chi connectivity index (χ0) is 18.2. The summed E-state index contributed by atoms with van der Waals surface area (Å²) in [6, 6.07) is 16.3. The third kappa shape index (κ3) is 4.98. The van der Waals surface area contributed by atoms with Gasteiger partial charge in [-0.25, -0.2) is 4.98 Å². The smallest absolute Gasteiger partial charge is 0.226 e. The second-order valence-corrected chi connectivity index (χ2v) is 6.69. The predicted octanol–water partition coefficient (Wildman–Crippen LogP) is 6.67. The van der Waals surface area contributed by atoms with Gasteiger partial charge in [-0.2, -0.15) is 0 Å². The summed E-state index contributed by atoms with van der Waals surface area (Å²) in [5, 5.41) is 0. The van der Waals surface area contributed by atoms with Crippen molar-refractivity contribution in [3.05, 3.63) is 60.4 Å². The lowest BCUT2D eigenvalue weighted by atomic mass is 10.1. The first kappa shape index (κ1) is 18.2. The number of benzene rings is 2. The summed E-state index contributed by atoms with van der Waals surface area (Å²) >= 11 is 0. The van der Waals surface area contributed by atoms with E-state index >= 15 is 0 Å². The van der Waals surface area contributed by atoms with Crippen LogP contribution < -0.4 is 4.74 Å². The fourth-order valence-corrected chi connectivity index (χ4v) is 2.85. The topological polar surface area (TPSA) is 35.3 Å². The molecule has 0 spiro atoms. The highest BCUT2D eigenvalue weighted by Crippen LogP contribution is 2.26. The molecule has 0 radical (unpaired) electrons. The SMILES string of the molecule is CCCCCCCOc1ccc(-c2nc(-c3ccc(C)cc3)co2)cc1. The molecule has 26 heavy (non-hydrogen) atoms. The van der Waals surface area contributed by atoms with E-state index in [0.29, 0.717) is 5.89 Å². The summed E-state index contributed by atoms with van der Waals surface area (Å²) in [7, 11) is 0. The van der Waals surface area contributed by atoms with Crippen molar-refractivity contribution in [2.75, 3.05) is 6.61 Å². The van der Waals surface area contributed by atoms with Crippen LogP contribution in [0.3, 0.4) is 0 Å². The molecule has 3 heteroatoms. The quantitative estimate of drug-likeness (QED) is 0.405. The van der Waals surface area contributed by atoms with Crippen molar-refractivity contribution in [1.82, 2.24) is 4.98 Å². The Balaban J connectivity index is 1.56. The molecule has 0 unspecified atom stereocenters. The summed E-state index contributed by atoms with van der Waals surface area (Å²) < 4.78 is 11.5. The van der Waals surface area contributed by atoms with Gasteiger partial charge < -0.3 is 9.15 Å². The summed E-state index contributed by atoms with van der Waals surface area (Å²) in [6.45, 7) is 5.09. The van der Waals surface area contributed by atoms with Crippen LogP contribution in [0.15, 0.2) is 59.2 Å². The van der Waals surface area contributed by atoms with Crippen LogP contribution in [-0.4, -0.2) is 11.6 Å². The fourth-order valence-electron chi connectivity index (χ4n) is 2.85. The Labute approximate surface area is 156 Å². The van der Waals surface area contributed by atoms with E-state index in [1.165, 1.54) is 31.2 Å². The van der Waals surface area contributed by atoms with Gasteiger partial charge in [-0.15, -0.1) is 0 Å². The molecule has 0 atom stereocenters. The molecule has 0 N–H and O–H groups in total. The number of ether oxygens (including phenoxy) is 1. The maximum absolute atomic E-state index is 5.81. The van der Waals surface area contributed by atoms with Crippen molar-refractivity contribution in [1.29, 1.82) is 0 Å². The molecule has 0 aliphatic heterocycles. The monoisotopic (exact) mass is 349 g/mol. The zero-order valence-corrected chi connectivity index (χ0v) is 15.7. The first-order chi connectivity index (χ1) is 12.8. The molecule has 1 aromatic heterocycles. The number of hydrogen-bond acceptors (Lipinski definition) is 3. The van der Waals surface area contributed by atoms with E-state index < -0.39 is 0 Å². The highest BCUT2D eigenvalue weighted by molar-refractivity contribution is 5.63. The van der Waals surface area contributed by atoms with Gasteiger partial charge in [0.25, 0.3) is 0 Å². The van der Waals surface area contributed by atoms with Gasteiger partial charge in [0, 0.05) is 11.1 Å². The van der Waals surface area contributed by atoms with Crippen LogP contribution >= 0.6 is 0 Å². The number of aryl methyl sites for hydroxylation is 1. The molecule has 136 valence electrons. The average Bonchev–Trinajstić information content (AvgIpc) is 3.16. The number of aromatic nitrogens is 1. The average molecular weight is 349 g/mol. The van der Waals surface area contributed by atoms with Crippen LogP contribution in [0.2, 0.25) is 0 Å². The van der Waals surface area contributed by atoms with Gasteiger partial charge in [-0.3, -0.25) is 0 Å². The molecule has 0 saturated heterocycles. The molecular formula is C23H27NO2. The first-order valence-electron chi connectivity index (χ1n) is 9.52. The number of oxazole rings is 1. The number of rotatable bonds is 9.